The molecule has 0 unspecified atom stereocenters. The number of ether oxygens (including phenoxy) is 2. The Bertz CT molecular complexity index is 809. The number of carbonyl (C=O) groups is 1. The number of hydrogen-bond acceptors (Lipinski definition) is 4. The van der Waals surface area contributed by atoms with Gasteiger partial charge in [-0.25, -0.2) is 4.99 Å². The van der Waals surface area contributed by atoms with Crippen molar-refractivity contribution in [2.75, 3.05) is 20.3 Å². The number of aliphatic imine (C=N–C) groups is 1. The molecule has 124 valence electrons. The normalized spacial score (nSPS) is 13.4. The molecule has 0 bridgehead atoms. The predicted octanol–water partition coefficient (Wildman–Crippen LogP) is 3.57. The van der Waals surface area contributed by atoms with E-state index >= 15 is 0 Å². The summed E-state index contributed by atoms with van der Waals surface area (Å²) >= 11 is 0. The van der Waals surface area contributed by atoms with Crippen molar-refractivity contribution in [3.8, 4) is 5.75 Å². The second-order valence-electron chi connectivity index (χ2n) is 5.90. The summed E-state index contributed by atoms with van der Waals surface area (Å²) in [5.74, 6) is 1.54. The molecular weight excluding hydrogens is 302 g/mol. The molecular formula is C20H21NO3. The highest BCUT2D eigenvalue weighted by atomic mass is 16.5. The second kappa shape index (κ2) is 6.87. The fraction of sp³-hybridized carbons (Fsp3) is 0.300. The van der Waals surface area contributed by atoms with Crippen molar-refractivity contribution in [2.24, 2.45) is 4.99 Å². The highest BCUT2D eigenvalue weighted by molar-refractivity contribution is 5.98. The van der Waals surface area contributed by atoms with Gasteiger partial charge >= 0.3 is 0 Å². The number of carbonyl (C=O) groups excluding carboxylic acids is 1. The molecule has 0 spiro atoms. The van der Waals surface area contributed by atoms with E-state index in [9.17, 15) is 4.79 Å². The van der Waals surface area contributed by atoms with E-state index in [4.69, 9.17) is 9.47 Å². The molecule has 0 atom stereocenters. The third-order valence-corrected chi connectivity index (χ3v) is 4.23. The van der Waals surface area contributed by atoms with Crippen LogP contribution in [0.5, 0.6) is 5.75 Å². The van der Waals surface area contributed by atoms with Crippen LogP contribution in [-0.2, 0) is 11.2 Å². The first-order chi connectivity index (χ1) is 11.6. The zero-order valence-electron chi connectivity index (χ0n) is 14.3. The van der Waals surface area contributed by atoms with Gasteiger partial charge in [-0.05, 0) is 48.7 Å². The minimum absolute atomic E-state index is 0.0480. The highest BCUT2D eigenvalue weighted by Gasteiger charge is 2.18. The fourth-order valence-corrected chi connectivity index (χ4v) is 3.01. The summed E-state index contributed by atoms with van der Waals surface area (Å²) < 4.78 is 11.2. The molecule has 4 nitrogen and oxygen atoms in total. The van der Waals surface area contributed by atoms with Crippen LogP contribution in [0, 0.1) is 6.92 Å². The molecule has 4 heteroatoms. The van der Waals surface area contributed by atoms with Crippen LogP contribution in [0.15, 0.2) is 41.4 Å². The lowest BCUT2D eigenvalue weighted by Crippen LogP contribution is -2.09. The van der Waals surface area contributed by atoms with E-state index in [1.807, 2.05) is 18.2 Å². The molecule has 0 saturated heterocycles. The smallest absolute Gasteiger partial charge is 0.216 e. The number of nitrogens with zero attached hydrogens (tertiary/aromatic N) is 1. The molecule has 1 aliphatic rings. The van der Waals surface area contributed by atoms with E-state index in [0.717, 1.165) is 28.0 Å². The molecule has 0 saturated carbocycles. The molecule has 0 fully saturated rings. The summed E-state index contributed by atoms with van der Waals surface area (Å²) in [6, 6.07) is 11.7. The van der Waals surface area contributed by atoms with Crippen molar-refractivity contribution < 1.29 is 14.3 Å². The lowest BCUT2D eigenvalue weighted by molar-refractivity contribution is 0.101. The van der Waals surface area contributed by atoms with E-state index in [1.165, 1.54) is 0 Å². The van der Waals surface area contributed by atoms with E-state index in [0.29, 0.717) is 31.0 Å². The van der Waals surface area contributed by atoms with Crippen molar-refractivity contribution in [1.82, 2.24) is 0 Å². The Labute approximate surface area is 142 Å². The van der Waals surface area contributed by atoms with Crippen molar-refractivity contribution in [3.05, 3.63) is 64.2 Å². The summed E-state index contributed by atoms with van der Waals surface area (Å²) in [7, 11) is 1.65. The minimum Gasteiger partial charge on any atom is -0.496 e. The standard InChI is InChI=1S/C20H21NO3/c1-13-5-4-6-16(19(13)20-21-9-10-24-20)12-17-11-15(14(2)22)7-8-18(17)23-3/h4-8,11H,9-10,12H2,1-3H3. The topological polar surface area (TPSA) is 47.9 Å². The molecule has 2 aromatic rings. The zero-order chi connectivity index (χ0) is 17.1. The van der Waals surface area contributed by atoms with Crippen molar-refractivity contribution in [1.29, 1.82) is 0 Å². The summed E-state index contributed by atoms with van der Waals surface area (Å²) in [4.78, 5) is 16.2. The average molecular weight is 323 g/mol. The van der Waals surface area contributed by atoms with Gasteiger partial charge in [-0.15, -0.1) is 0 Å². The van der Waals surface area contributed by atoms with Gasteiger partial charge in [-0.1, -0.05) is 18.2 Å². The SMILES string of the molecule is COc1ccc(C(C)=O)cc1Cc1cccc(C)c1C1=NCCO1. The van der Waals surface area contributed by atoms with Crippen LogP contribution in [0.25, 0.3) is 0 Å². The quantitative estimate of drug-likeness (QED) is 0.790. The summed E-state index contributed by atoms with van der Waals surface area (Å²) in [5, 5.41) is 0. The largest absolute Gasteiger partial charge is 0.496 e. The molecule has 0 N–H and O–H groups in total. The van der Waals surface area contributed by atoms with Crippen LogP contribution in [0.4, 0.5) is 0 Å². The summed E-state index contributed by atoms with van der Waals surface area (Å²) in [6.07, 6.45) is 0.656. The fourth-order valence-electron chi connectivity index (χ4n) is 3.01. The van der Waals surface area contributed by atoms with Gasteiger partial charge in [0.05, 0.1) is 13.7 Å². The third-order valence-electron chi connectivity index (χ3n) is 4.23. The van der Waals surface area contributed by atoms with Crippen LogP contribution < -0.4 is 4.74 Å². The predicted molar refractivity (Wildman–Crippen MR) is 94.3 cm³/mol. The van der Waals surface area contributed by atoms with Crippen molar-refractivity contribution >= 4 is 11.7 Å². The Hall–Kier alpha value is -2.62. The lowest BCUT2D eigenvalue weighted by Gasteiger charge is -2.15. The van der Waals surface area contributed by atoms with Gasteiger partial charge in [0.25, 0.3) is 0 Å². The number of hydrogen-bond donors (Lipinski definition) is 0. The van der Waals surface area contributed by atoms with Gasteiger partial charge in [0.15, 0.2) is 5.78 Å². The number of rotatable bonds is 5. The van der Waals surface area contributed by atoms with Crippen LogP contribution >= 0.6 is 0 Å². The van der Waals surface area contributed by atoms with Crippen molar-refractivity contribution in [2.45, 2.75) is 20.3 Å². The lowest BCUT2D eigenvalue weighted by atomic mass is 9.94. The van der Waals surface area contributed by atoms with Crippen molar-refractivity contribution in [3.63, 3.8) is 0 Å². The molecule has 24 heavy (non-hydrogen) atoms. The van der Waals surface area contributed by atoms with Gasteiger partial charge in [0, 0.05) is 17.5 Å². The Morgan fingerprint density at radius 2 is 2.08 bits per heavy atom. The summed E-state index contributed by atoms with van der Waals surface area (Å²) in [5.41, 5.74) is 4.97. The highest BCUT2D eigenvalue weighted by Crippen LogP contribution is 2.27. The molecule has 2 aromatic carbocycles. The molecule has 0 amide bonds. The van der Waals surface area contributed by atoms with E-state index in [-0.39, 0.29) is 5.78 Å². The first-order valence-corrected chi connectivity index (χ1v) is 8.04. The van der Waals surface area contributed by atoms with Gasteiger partial charge in [-0.2, -0.15) is 0 Å². The van der Waals surface area contributed by atoms with E-state index in [1.54, 1.807) is 20.1 Å². The number of benzene rings is 2. The maximum Gasteiger partial charge on any atom is 0.216 e. The third kappa shape index (κ3) is 3.18. The molecule has 0 aliphatic carbocycles. The van der Waals surface area contributed by atoms with Gasteiger partial charge in [0.1, 0.15) is 12.4 Å². The number of methoxy groups -OCH3 is 1. The van der Waals surface area contributed by atoms with Gasteiger partial charge < -0.3 is 9.47 Å². The van der Waals surface area contributed by atoms with E-state index in [2.05, 4.69) is 24.0 Å². The zero-order valence-corrected chi connectivity index (χ0v) is 14.3. The van der Waals surface area contributed by atoms with E-state index < -0.39 is 0 Å². The summed E-state index contributed by atoms with van der Waals surface area (Å²) in [6.45, 7) is 4.97. The molecule has 3 rings (SSSR count). The van der Waals surface area contributed by atoms with Crippen LogP contribution in [0.3, 0.4) is 0 Å². The first kappa shape index (κ1) is 16.2. The first-order valence-electron chi connectivity index (χ1n) is 8.04. The molecule has 1 aliphatic heterocycles. The average Bonchev–Trinajstić information content (AvgIpc) is 3.09. The Morgan fingerprint density at radius 3 is 2.75 bits per heavy atom. The van der Waals surface area contributed by atoms with Crippen LogP contribution in [0.1, 0.15) is 39.5 Å². The maximum absolute atomic E-state index is 11.7. The molecule has 0 aromatic heterocycles. The second-order valence-corrected chi connectivity index (χ2v) is 5.90. The number of ketones is 1. The van der Waals surface area contributed by atoms with Gasteiger partial charge in [-0.3, -0.25) is 4.79 Å². The van der Waals surface area contributed by atoms with Crippen LogP contribution in [0.2, 0.25) is 0 Å². The monoisotopic (exact) mass is 323 g/mol. The Morgan fingerprint density at radius 1 is 1.25 bits per heavy atom. The number of aryl methyl sites for hydroxylation is 1. The minimum atomic E-state index is 0.0480. The number of Topliss-reactive ketones (excluding diaryl/α,β-unsaturated/α-hetero) is 1. The van der Waals surface area contributed by atoms with Crippen LogP contribution in [-0.4, -0.2) is 31.9 Å². The maximum atomic E-state index is 11.7. The molecule has 1 heterocycles. The molecule has 0 radical (unpaired) electrons. The Balaban J connectivity index is 2.04. The van der Waals surface area contributed by atoms with Gasteiger partial charge in [0.2, 0.25) is 5.90 Å². The Kier molecular flexibility index (Phi) is 4.65.